The smallest absolute Gasteiger partial charge is 0.396 e. The predicted molar refractivity (Wildman–Crippen MR) is 144 cm³/mol. The molecular formula is C29H43F6N3O2. The van der Waals surface area contributed by atoms with Crippen LogP contribution in [0.1, 0.15) is 62.6 Å². The molecule has 11 heteroatoms. The SMILES string of the molecule is C=C(C)C.CN(CCc1cc(C(F)(F)F)cc(C(F)(F)F)c1)C(=O)CN1CCC(N(CCCO)CC2CC2)CC1. The highest BCUT2D eigenvalue weighted by molar-refractivity contribution is 5.78. The minimum Gasteiger partial charge on any atom is -0.396 e. The van der Waals surface area contributed by atoms with Crippen LogP contribution in [0.5, 0.6) is 0 Å². The normalized spacial score (nSPS) is 17.0. The topological polar surface area (TPSA) is 47.0 Å². The summed E-state index contributed by atoms with van der Waals surface area (Å²) in [6.45, 7) is 11.3. The van der Waals surface area contributed by atoms with Crippen LogP contribution in [0, 0.1) is 5.92 Å². The first-order valence-electron chi connectivity index (χ1n) is 13.8. The Morgan fingerprint density at radius 2 is 1.50 bits per heavy atom. The van der Waals surface area contributed by atoms with Crippen molar-refractivity contribution in [1.29, 1.82) is 0 Å². The fourth-order valence-electron chi connectivity index (χ4n) is 4.67. The largest absolute Gasteiger partial charge is 0.416 e. The quantitative estimate of drug-likeness (QED) is 0.263. The molecule has 0 radical (unpaired) electrons. The number of carbonyl (C=O) groups excluding carboxylic acids is 1. The zero-order valence-electron chi connectivity index (χ0n) is 23.8. The van der Waals surface area contributed by atoms with E-state index in [0.717, 1.165) is 51.4 Å². The van der Waals surface area contributed by atoms with Gasteiger partial charge in [-0.15, -0.1) is 6.58 Å². The minimum atomic E-state index is -4.89. The fourth-order valence-corrected chi connectivity index (χ4v) is 4.67. The summed E-state index contributed by atoms with van der Waals surface area (Å²) in [5, 5.41) is 9.19. The molecule has 1 saturated heterocycles. The molecule has 1 aromatic rings. The standard InChI is InChI=1S/C25H35F6N3O2.C4H8/c1-32(9-5-19-13-20(24(26,27)28)15-21(14-19)25(29,30)31)23(36)17-33-10-6-22(7-11-33)34(8-2-12-35)16-18-3-4-18;1-4(2)3/h13-15,18,22,35H,2-12,16-17H2,1H3;1H2,2-3H3. The Labute approximate surface area is 233 Å². The maximum Gasteiger partial charge on any atom is 0.416 e. The molecule has 0 spiro atoms. The molecule has 5 nitrogen and oxygen atoms in total. The number of hydrogen-bond donors (Lipinski definition) is 1. The Hall–Kier alpha value is -2.11. The number of nitrogens with zero attached hydrogens (tertiary/aromatic N) is 3. The van der Waals surface area contributed by atoms with Gasteiger partial charge in [0.05, 0.1) is 17.7 Å². The number of carbonyl (C=O) groups is 1. The first-order valence-corrected chi connectivity index (χ1v) is 13.8. The lowest BCUT2D eigenvalue weighted by molar-refractivity contribution is -0.143. The Morgan fingerprint density at radius 1 is 0.975 bits per heavy atom. The lowest BCUT2D eigenvalue weighted by Crippen LogP contribution is -2.48. The number of aliphatic hydroxyl groups excluding tert-OH is 1. The number of halogens is 6. The summed E-state index contributed by atoms with van der Waals surface area (Å²) < 4.78 is 78.5. The summed E-state index contributed by atoms with van der Waals surface area (Å²) in [4.78, 5) is 18.5. The van der Waals surface area contributed by atoms with Gasteiger partial charge in [-0.1, -0.05) is 5.57 Å². The van der Waals surface area contributed by atoms with Crippen molar-refractivity contribution in [2.24, 2.45) is 5.92 Å². The number of likely N-dealkylation sites (N-methyl/N-ethyl adjacent to an activating group) is 1. The summed E-state index contributed by atoms with van der Waals surface area (Å²) >= 11 is 0. The van der Waals surface area contributed by atoms with Crippen LogP contribution in [0.2, 0.25) is 0 Å². The van der Waals surface area contributed by atoms with E-state index in [-0.39, 0.29) is 43.7 Å². The van der Waals surface area contributed by atoms with Crippen LogP contribution in [0.4, 0.5) is 26.3 Å². The average Bonchev–Trinajstić information content (AvgIpc) is 3.68. The fraction of sp³-hybridized carbons (Fsp3) is 0.690. The minimum absolute atomic E-state index is 0.0181. The molecule has 0 atom stereocenters. The van der Waals surface area contributed by atoms with E-state index in [1.807, 2.05) is 18.7 Å². The molecule has 1 amide bonds. The summed E-state index contributed by atoms with van der Waals surface area (Å²) in [6.07, 6.45) is -4.81. The van der Waals surface area contributed by atoms with Gasteiger partial charge in [-0.3, -0.25) is 14.6 Å². The second-order valence-electron chi connectivity index (χ2n) is 11.2. The van der Waals surface area contributed by atoms with Crippen LogP contribution in [0.25, 0.3) is 0 Å². The molecule has 1 N–H and O–H groups in total. The van der Waals surface area contributed by atoms with Gasteiger partial charge in [0, 0.05) is 52.4 Å². The molecule has 1 aromatic carbocycles. The Bertz CT molecular complexity index is 918. The highest BCUT2D eigenvalue weighted by Gasteiger charge is 2.37. The molecule has 228 valence electrons. The maximum absolute atomic E-state index is 13.1. The molecule has 0 aromatic heterocycles. The van der Waals surface area contributed by atoms with Gasteiger partial charge >= 0.3 is 12.4 Å². The Balaban J connectivity index is 0.00000131. The molecule has 3 rings (SSSR count). The average molecular weight is 580 g/mol. The second kappa shape index (κ2) is 15.2. The number of aliphatic hydroxyl groups is 1. The number of rotatable bonds is 11. The van der Waals surface area contributed by atoms with Gasteiger partial charge in [0.1, 0.15) is 0 Å². The molecular weight excluding hydrogens is 536 g/mol. The van der Waals surface area contributed by atoms with E-state index in [9.17, 15) is 36.2 Å². The van der Waals surface area contributed by atoms with Gasteiger partial charge in [-0.05, 0) is 82.1 Å². The predicted octanol–water partition coefficient (Wildman–Crippen LogP) is 5.87. The number of allylic oxidation sites excluding steroid dienone is 1. The maximum atomic E-state index is 13.1. The Morgan fingerprint density at radius 3 is 1.95 bits per heavy atom. The van der Waals surface area contributed by atoms with Crippen LogP contribution >= 0.6 is 0 Å². The summed E-state index contributed by atoms with van der Waals surface area (Å²) in [7, 11) is 1.51. The van der Waals surface area contributed by atoms with Crippen molar-refractivity contribution < 1.29 is 36.2 Å². The van der Waals surface area contributed by atoms with Crippen molar-refractivity contribution in [3.8, 4) is 0 Å². The van der Waals surface area contributed by atoms with Crippen LogP contribution < -0.4 is 0 Å². The van der Waals surface area contributed by atoms with Crippen molar-refractivity contribution in [3.05, 3.63) is 47.0 Å². The van der Waals surface area contributed by atoms with Crippen LogP contribution in [0.3, 0.4) is 0 Å². The molecule has 2 aliphatic rings. The van der Waals surface area contributed by atoms with E-state index in [0.29, 0.717) is 18.2 Å². The van der Waals surface area contributed by atoms with Crippen molar-refractivity contribution in [2.75, 3.05) is 52.9 Å². The molecule has 1 heterocycles. The third-order valence-electron chi connectivity index (χ3n) is 7.03. The van der Waals surface area contributed by atoms with Crippen molar-refractivity contribution in [3.63, 3.8) is 0 Å². The molecule has 0 unspecified atom stereocenters. The monoisotopic (exact) mass is 579 g/mol. The third kappa shape index (κ3) is 12.2. The van der Waals surface area contributed by atoms with E-state index in [4.69, 9.17) is 0 Å². The first kappa shape index (κ1) is 34.1. The van der Waals surface area contributed by atoms with E-state index in [1.54, 1.807) is 0 Å². The third-order valence-corrected chi connectivity index (χ3v) is 7.03. The van der Waals surface area contributed by atoms with Gasteiger partial charge in [-0.2, -0.15) is 26.3 Å². The highest BCUT2D eigenvalue weighted by atomic mass is 19.4. The number of piperidine rings is 1. The van der Waals surface area contributed by atoms with Crippen LogP contribution in [-0.4, -0.2) is 84.7 Å². The van der Waals surface area contributed by atoms with Crippen molar-refractivity contribution in [1.82, 2.24) is 14.7 Å². The van der Waals surface area contributed by atoms with E-state index in [1.165, 1.54) is 30.4 Å². The van der Waals surface area contributed by atoms with Gasteiger partial charge in [0.15, 0.2) is 0 Å². The summed E-state index contributed by atoms with van der Waals surface area (Å²) in [5.41, 5.74) is -1.64. The molecule has 1 saturated carbocycles. The Kier molecular flexibility index (Phi) is 13.0. The molecule has 1 aliphatic heterocycles. The van der Waals surface area contributed by atoms with E-state index in [2.05, 4.69) is 11.5 Å². The number of benzene rings is 1. The molecule has 0 bridgehead atoms. The van der Waals surface area contributed by atoms with E-state index < -0.39 is 23.5 Å². The first-order chi connectivity index (χ1) is 18.6. The number of hydrogen-bond acceptors (Lipinski definition) is 4. The summed E-state index contributed by atoms with van der Waals surface area (Å²) in [5.74, 6) is 0.535. The highest BCUT2D eigenvalue weighted by Crippen LogP contribution is 2.36. The van der Waals surface area contributed by atoms with Gasteiger partial charge < -0.3 is 10.0 Å². The van der Waals surface area contributed by atoms with Crippen LogP contribution in [-0.2, 0) is 23.6 Å². The number of amides is 1. The van der Waals surface area contributed by atoms with Gasteiger partial charge in [0.2, 0.25) is 5.91 Å². The summed E-state index contributed by atoms with van der Waals surface area (Å²) in [6, 6.07) is 1.95. The molecule has 40 heavy (non-hydrogen) atoms. The van der Waals surface area contributed by atoms with Gasteiger partial charge in [-0.25, -0.2) is 0 Å². The number of likely N-dealkylation sites (tertiary alicyclic amines) is 1. The van der Waals surface area contributed by atoms with Gasteiger partial charge in [0.25, 0.3) is 0 Å². The number of alkyl halides is 6. The van der Waals surface area contributed by atoms with E-state index >= 15 is 0 Å². The second-order valence-corrected chi connectivity index (χ2v) is 11.2. The molecule has 1 aliphatic carbocycles. The zero-order valence-corrected chi connectivity index (χ0v) is 23.8. The lowest BCUT2D eigenvalue weighted by Gasteiger charge is -2.39. The van der Waals surface area contributed by atoms with Crippen LogP contribution in [0.15, 0.2) is 30.4 Å². The van der Waals surface area contributed by atoms with Crippen molar-refractivity contribution in [2.45, 2.75) is 70.8 Å². The lowest BCUT2D eigenvalue weighted by atomic mass is 10.0. The van der Waals surface area contributed by atoms with Crippen molar-refractivity contribution >= 4 is 5.91 Å². The zero-order chi connectivity index (χ0) is 30.1. The molecule has 2 fully saturated rings.